The van der Waals surface area contributed by atoms with Crippen LogP contribution < -0.4 is 11.1 Å². The van der Waals surface area contributed by atoms with Crippen LogP contribution in [0.15, 0.2) is 24.7 Å². The Labute approximate surface area is 89.0 Å². The zero-order valence-electron chi connectivity index (χ0n) is 8.86. The molecule has 0 saturated heterocycles. The summed E-state index contributed by atoms with van der Waals surface area (Å²) in [5.41, 5.74) is 6.70. The van der Waals surface area contributed by atoms with E-state index in [0.717, 1.165) is 5.57 Å². The van der Waals surface area contributed by atoms with Crippen molar-refractivity contribution in [1.82, 2.24) is 14.9 Å². The van der Waals surface area contributed by atoms with Crippen LogP contribution in [0.25, 0.3) is 0 Å². The summed E-state index contributed by atoms with van der Waals surface area (Å²) in [7, 11) is 0. The Morgan fingerprint density at radius 2 is 2.47 bits per heavy atom. The maximum Gasteiger partial charge on any atom is 0.271 e. The van der Waals surface area contributed by atoms with Crippen molar-refractivity contribution in [2.45, 2.75) is 13.5 Å². The minimum atomic E-state index is -0.186. The Kier molecular flexibility index (Phi) is 4.05. The molecule has 0 aliphatic rings. The molecule has 3 N–H and O–H groups in total. The highest BCUT2D eigenvalue weighted by atomic mass is 16.1. The Bertz CT molecular complexity index is 356. The van der Waals surface area contributed by atoms with E-state index in [1.807, 2.05) is 6.92 Å². The number of nitrogens with two attached hydrogens (primary N) is 1. The van der Waals surface area contributed by atoms with Crippen LogP contribution >= 0.6 is 0 Å². The molecule has 0 saturated carbocycles. The number of imidazole rings is 1. The molecule has 1 aromatic rings. The van der Waals surface area contributed by atoms with E-state index in [1.165, 1.54) is 0 Å². The number of rotatable bonds is 5. The fourth-order valence-corrected chi connectivity index (χ4v) is 1.07. The number of amides is 1. The third-order valence-corrected chi connectivity index (χ3v) is 1.80. The van der Waals surface area contributed by atoms with E-state index in [9.17, 15) is 4.79 Å². The van der Waals surface area contributed by atoms with Crippen LogP contribution in [0.1, 0.15) is 17.4 Å². The molecular formula is C10H16N4O. The van der Waals surface area contributed by atoms with Crippen molar-refractivity contribution in [2.75, 3.05) is 13.1 Å². The van der Waals surface area contributed by atoms with E-state index in [2.05, 4.69) is 16.9 Å². The lowest BCUT2D eigenvalue weighted by Crippen LogP contribution is -2.25. The number of nitrogens with zero attached hydrogens (tertiary/aromatic N) is 2. The van der Waals surface area contributed by atoms with Crippen molar-refractivity contribution in [3.63, 3.8) is 0 Å². The van der Waals surface area contributed by atoms with E-state index >= 15 is 0 Å². The molecule has 0 radical (unpaired) electrons. The second-order valence-corrected chi connectivity index (χ2v) is 3.43. The number of hydrogen-bond acceptors (Lipinski definition) is 3. The molecule has 5 heteroatoms. The number of aromatic nitrogens is 2. The fraction of sp³-hybridized carbons (Fsp3) is 0.400. The molecule has 0 unspecified atom stereocenters. The fourth-order valence-electron chi connectivity index (χ4n) is 1.07. The van der Waals surface area contributed by atoms with Gasteiger partial charge < -0.3 is 15.6 Å². The third kappa shape index (κ3) is 3.55. The molecular weight excluding hydrogens is 192 g/mol. The SMILES string of the molecule is C=C(C)CNC(=O)c1cn(CCN)cn1. The average molecular weight is 208 g/mol. The molecule has 1 aromatic heterocycles. The molecule has 0 aliphatic heterocycles. The van der Waals surface area contributed by atoms with Crippen molar-refractivity contribution >= 4 is 5.91 Å². The van der Waals surface area contributed by atoms with Gasteiger partial charge in [-0.1, -0.05) is 12.2 Å². The van der Waals surface area contributed by atoms with Gasteiger partial charge >= 0.3 is 0 Å². The summed E-state index contributed by atoms with van der Waals surface area (Å²) in [6.07, 6.45) is 3.28. The molecule has 0 aliphatic carbocycles. The largest absolute Gasteiger partial charge is 0.347 e. The second kappa shape index (κ2) is 5.31. The summed E-state index contributed by atoms with van der Waals surface area (Å²) in [6, 6.07) is 0. The first kappa shape index (κ1) is 11.5. The highest BCUT2D eigenvalue weighted by Gasteiger charge is 2.07. The predicted molar refractivity (Wildman–Crippen MR) is 58.4 cm³/mol. The maximum absolute atomic E-state index is 11.5. The average Bonchev–Trinajstić information content (AvgIpc) is 2.63. The lowest BCUT2D eigenvalue weighted by Gasteiger charge is -2.01. The number of hydrogen-bond donors (Lipinski definition) is 2. The number of carbonyl (C=O) groups excluding carboxylic acids is 1. The molecule has 1 amide bonds. The van der Waals surface area contributed by atoms with Gasteiger partial charge in [0.25, 0.3) is 5.91 Å². The van der Waals surface area contributed by atoms with Gasteiger partial charge in [0.05, 0.1) is 6.33 Å². The highest BCUT2D eigenvalue weighted by Crippen LogP contribution is 1.96. The van der Waals surface area contributed by atoms with Gasteiger partial charge in [0.1, 0.15) is 5.69 Å². The van der Waals surface area contributed by atoms with E-state index in [1.54, 1.807) is 17.1 Å². The smallest absolute Gasteiger partial charge is 0.271 e. The van der Waals surface area contributed by atoms with E-state index in [0.29, 0.717) is 25.3 Å². The molecule has 0 aromatic carbocycles. The zero-order valence-corrected chi connectivity index (χ0v) is 8.86. The Hall–Kier alpha value is -1.62. The van der Waals surface area contributed by atoms with Gasteiger partial charge in [-0.25, -0.2) is 4.98 Å². The molecule has 0 fully saturated rings. The summed E-state index contributed by atoms with van der Waals surface area (Å²) in [5, 5.41) is 2.71. The van der Waals surface area contributed by atoms with Crippen LogP contribution in [-0.4, -0.2) is 28.5 Å². The van der Waals surface area contributed by atoms with E-state index < -0.39 is 0 Å². The van der Waals surface area contributed by atoms with Gasteiger partial charge in [-0.3, -0.25) is 4.79 Å². The van der Waals surface area contributed by atoms with Crippen molar-refractivity contribution < 1.29 is 4.79 Å². The van der Waals surface area contributed by atoms with Crippen molar-refractivity contribution in [2.24, 2.45) is 5.73 Å². The van der Waals surface area contributed by atoms with Gasteiger partial charge in [0.2, 0.25) is 0 Å². The quantitative estimate of drug-likeness (QED) is 0.676. The highest BCUT2D eigenvalue weighted by molar-refractivity contribution is 5.92. The minimum absolute atomic E-state index is 0.186. The predicted octanol–water partition coefficient (Wildman–Crippen LogP) is 0.148. The molecule has 0 atom stereocenters. The standard InChI is InChI=1S/C10H16N4O/c1-8(2)5-12-10(15)9-6-14(4-3-11)7-13-9/h6-7H,1,3-5,11H2,2H3,(H,12,15). The molecule has 1 heterocycles. The normalized spacial score (nSPS) is 10.0. The Morgan fingerprint density at radius 1 is 1.73 bits per heavy atom. The van der Waals surface area contributed by atoms with Crippen LogP contribution in [0, 0.1) is 0 Å². The van der Waals surface area contributed by atoms with Gasteiger partial charge in [0, 0.05) is 25.8 Å². The van der Waals surface area contributed by atoms with Crippen molar-refractivity contribution in [3.8, 4) is 0 Å². The summed E-state index contributed by atoms with van der Waals surface area (Å²) in [4.78, 5) is 15.5. The van der Waals surface area contributed by atoms with Crippen LogP contribution in [0.2, 0.25) is 0 Å². The summed E-state index contributed by atoms with van der Waals surface area (Å²) in [5.74, 6) is -0.186. The summed E-state index contributed by atoms with van der Waals surface area (Å²) < 4.78 is 1.79. The van der Waals surface area contributed by atoms with Gasteiger partial charge in [-0.2, -0.15) is 0 Å². The van der Waals surface area contributed by atoms with E-state index in [-0.39, 0.29) is 5.91 Å². The first-order valence-corrected chi connectivity index (χ1v) is 4.78. The molecule has 0 bridgehead atoms. The summed E-state index contributed by atoms with van der Waals surface area (Å²) in [6.45, 7) is 7.23. The first-order chi connectivity index (χ1) is 7.13. The van der Waals surface area contributed by atoms with Gasteiger partial charge in [-0.15, -0.1) is 0 Å². The Morgan fingerprint density at radius 3 is 3.07 bits per heavy atom. The second-order valence-electron chi connectivity index (χ2n) is 3.43. The monoisotopic (exact) mass is 208 g/mol. The maximum atomic E-state index is 11.5. The van der Waals surface area contributed by atoms with Crippen LogP contribution in [0.5, 0.6) is 0 Å². The van der Waals surface area contributed by atoms with Gasteiger partial charge in [0.15, 0.2) is 0 Å². The lowest BCUT2D eigenvalue weighted by atomic mass is 10.3. The molecule has 15 heavy (non-hydrogen) atoms. The van der Waals surface area contributed by atoms with E-state index in [4.69, 9.17) is 5.73 Å². The third-order valence-electron chi connectivity index (χ3n) is 1.80. The molecule has 5 nitrogen and oxygen atoms in total. The van der Waals surface area contributed by atoms with Crippen molar-refractivity contribution in [1.29, 1.82) is 0 Å². The van der Waals surface area contributed by atoms with Gasteiger partial charge in [-0.05, 0) is 6.92 Å². The topological polar surface area (TPSA) is 72.9 Å². The number of nitrogens with one attached hydrogen (secondary N) is 1. The Balaban J connectivity index is 2.54. The molecule has 1 rings (SSSR count). The summed E-state index contributed by atoms with van der Waals surface area (Å²) >= 11 is 0. The molecule has 82 valence electrons. The van der Waals surface area contributed by atoms with Crippen LogP contribution in [-0.2, 0) is 6.54 Å². The van der Waals surface area contributed by atoms with Crippen molar-refractivity contribution in [3.05, 3.63) is 30.4 Å². The van der Waals surface area contributed by atoms with Crippen LogP contribution in [0.3, 0.4) is 0 Å². The first-order valence-electron chi connectivity index (χ1n) is 4.78. The lowest BCUT2D eigenvalue weighted by molar-refractivity contribution is 0.0952. The number of carbonyl (C=O) groups is 1. The molecule has 0 spiro atoms. The minimum Gasteiger partial charge on any atom is -0.347 e. The zero-order chi connectivity index (χ0) is 11.3. The van der Waals surface area contributed by atoms with Crippen LogP contribution in [0.4, 0.5) is 0 Å².